The van der Waals surface area contributed by atoms with Crippen LogP contribution < -0.4 is 9.64 Å². The Morgan fingerprint density at radius 1 is 0.971 bits per heavy atom. The molecule has 1 aliphatic carbocycles. The van der Waals surface area contributed by atoms with E-state index in [1.807, 2.05) is 0 Å². The molecule has 188 valence electrons. The Balaban J connectivity index is 1.81. The Bertz CT molecular complexity index is 940. The van der Waals surface area contributed by atoms with Crippen LogP contribution in [0.25, 0.3) is 0 Å². The summed E-state index contributed by atoms with van der Waals surface area (Å²) >= 11 is 0. The Kier molecular flexibility index (Phi) is 8.33. The van der Waals surface area contributed by atoms with E-state index in [9.17, 15) is 35.8 Å². The Morgan fingerprint density at radius 2 is 1.68 bits per heavy atom. The monoisotopic (exact) mass is 493 g/mol. The van der Waals surface area contributed by atoms with E-state index in [1.54, 1.807) is 12.1 Å². The molecule has 0 aliphatic heterocycles. The van der Waals surface area contributed by atoms with E-state index < -0.39 is 42.9 Å². The summed E-state index contributed by atoms with van der Waals surface area (Å²) in [5.74, 6) is -0.407. The molecule has 1 N–H and O–H groups in total. The van der Waals surface area contributed by atoms with Gasteiger partial charge < -0.3 is 14.7 Å². The summed E-state index contributed by atoms with van der Waals surface area (Å²) in [6.07, 6.45) is -6.92. The quantitative estimate of drug-likeness (QED) is 0.414. The molecule has 0 amide bonds. The van der Waals surface area contributed by atoms with Gasteiger partial charge in [-0.05, 0) is 43.0 Å². The topological polar surface area (TPSA) is 32.7 Å². The van der Waals surface area contributed by atoms with Crippen molar-refractivity contribution < 1.29 is 40.6 Å². The first kappa shape index (κ1) is 26.1. The highest BCUT2D eigenvalue weighted by Gasteiger charge is 2.39. The second-order valence-corrected chi connectivity index (χ2v) is 8.55. The van der Waals surface area contributed by atoms with Crippen LogP contribution >= 0.6 is 0 Å². The number of benzene rings is 2. The molecule has 3 nitrogen and oxygen atoms in total. The summed E-state index contributed by atoms with van der Waals surface area (Å²) < 4.78 is 97.8. The first-order chi connectivity index (χ1) is 15.9. The third-order valence-electron chi connectivity index (χ3n) is 5.91. The number of aliphatic hydroxyl groups excluding tert-OH is 1. The van der Waals surface area contributed by atoms with Crippen molar-refractivity contribution in [1.29, 1.82) is 0 Å². The highest BCUT2D eigenvalue weighted by atomic mass is 19.4. The van der Waals surface area contributed by atoms with Gasteiger partial charge in [0.2, 0.25) is 0 Å². The zero-order chi connectivity index (χ0) is 24.9. The minimum atomic E-state index is -4.92. The fraction of sp³-hybridized carbons (Fsp3) is 0.500. The van der Waals surface area contributed by atoms with Crippen molar-refractivity contribution in [3.63, 3.8) is 0 Å². The molecule has 0 saturated heterocycles. The standard InChI is InChI=1S/C24H26F7NO2/c25-21-11-18(23(26,27)28)10-9-17(21)13-32(14-22(33)24(29,30)31)19-7-4-8-20(12-19)34-15-16-5-2-1-3-6-16/h4,7-12,16,22,33H,1-3,5-6,13-15H2/t22-/m1/s1. The Hall–Kier alpha value is -2.49. The summed E-state index contributed by atoms with van der Waals surface area (Å²) in [5.41, 5.74) is -1.23. The van der Waals surface area contributed by atoms with Crippen LogP contribution in [0.1, 0.15) is 43.2 Å². The fourth-order valence-corrected chi connectivity index (χ4v) is 3.97. The number of anilines is 1. The summed E-state index contributed by atoms with van der Waals surface area (Å²) in [4.78, 5) is 1.07. The van der Waals surface area contributed by atoms with Gasteiger partial charge >= 0.3 is 12.4 Å². The molecule has 0 aromatic heterocycles. The van der Waals surface area contributed by atoms with Crippen molar-refractivity contribution in [3.05, 3.63) is 59.4 Å². The molecule has 2 aromatic carbocycles. The molecule has 0 spiro atoms. The van der Waals surface area contributed by atoms with E-state index in [4.69, 9.17) is 4.74 Å². The Morgan fingerprint density at radius 3 is 2.29 bits per heavy atom. The molecule has 0 heterocycles. The van der Waals surface area contributed by atoms with E-state index >= 15 is 0 Å². The predicted molar refractivity (Wildman–Crippen MR) is 113 cm³/mol. The maximum atomic E-state index is 14.4. The lowest BCUT2D eigenvalue weighted by Crippen LogP contribution is -2.41. The molecule has 1 fully saturated rings. The fourth-order valence-electron chi connectivity index (χ4n) is 3.97. The van der Waals surface area contributed by atoms with Crippen LogP contribution in [0.4, 0.5) is 36.4 Å². The van der Waals surface area contributed by atoms with Crippen molar-refractivity contribution in [3.8, 4) is 5.75 Å². The normalized spacial score (nSPS) is 16.4. The summed E-state index contributed by atoms with van der Waals surface area (Å²) in [5, 5.41) is 9.62. The number of hydrogen-bond donors (Lipinski definition) is 1. The van der Waals surface area contributed by atoms with E-state index in [0.717, 1.165) is 36.6 Å². The lowest BCUT2D eigenvalue weighted by molar-refractivity contribution is -0.200. The van der Waals surface area contributed by atoms with Crippen LogP contribution in [0, 0.1) is 11.7 Å². The van der Waals surface area contributed by atoms with Gasteiger partial charge in [0.05, 0.1) is 18.7 Å². The van der Waals surface area contributed by atoms with Crippen molar-refractivity contribution in [2.45, 2.75) is 57.1 Å². The maximum Gasteiger partial charge on any atom is 0.416 e. The zero-order valence-electron chi connectivity index (χ0n) is 18.3. The van der Waals surface area contributed by atoms with Crippen LogP contribution in [0.2, 0.25) is 0 Å². The molecule has 1 saturated carbocycles. The average molecular weight is 493 g/mol. The lowest BCUT2D eigenvalue weighted by Gasteiger charge is -2.29. The van der Waals surface area contributed by atoms with Crippen LogP contribution in [0.5, 0.6) is 5.75 Å². The number of halogens is 7. The Labute approximate surface area is 193 Å². The number of alkyl halides is 6. The highest BCUT2D eigenvalue weighted by Crippen LogP contribution is 2.32. The molecular weight excluding hydrogens is 467 g/mol. The highest BCUT2D eigenvalue weighted by molar-refractivity contribution is 5.51. The van der Waals surface area contributed by atoms with Crippen LogP contribution in [-0.2, 0) is 12.7 Å². The van der Waals surface area contributed by atoms with Crippen molar-refractivity contribution >= 4 is 5.69 Å². The third kappa shape index (κ3) is 7.25. The minimum absolute atomic E-state index is 0.212. The van der Waals surface area contributed by atoms with Crippen molar-refractivity contribution in [1.82, 2.24) is 0 Å². The second-order valence-electron chi connectivity index (χ2n) is 8.55. The molecule has 0 radical (unpaired) electrons. The molecule has 1 aliphatic rings. The first-order valence-electron chi connectivity index (χ1n) is 11.0. The number of ether oxygens (including phenoxy) is 1. The molecule has 2 aromatic rings. The average Bonchev–Trinajstić information content (AvgIpc) is 2.78. The zero-order valence-corrected chi connectivity index (χ0v) is 18.3. The molecule has 34 heavy (non-hydrogen) atoms. The van der Waals surface area contributed by atoms with Gasteiger partial charge in [0.1, 0.15) is 11.6 Å². The molecule has 0 unspecified atom stereocenters. The molecule has 10 heteroatoms. The van der Waals surface area contributed by atoms with E-state index in [0.29, 0.717) is 30.4 Å². The van der Waals surface area contributed by atoms with E-state index in [2.05, 4.69) is 0 Å². The van der Waals surface area contributed by atoms with Gasteiger partial charge in [-0.25, -0.2) is 4.39 Å². The van der Waals surface area contributed by atoms with Crippen LogP contribution in [0.3, 0.4) is 0 Å². The summed E-state index contributed by atoms with van der Waals surface area (Å²) in [7, 11) is 0. The van der Waals surface area contributed by atoms with Crippen LogP contribution in [0.15, 0.2) is 42.5 Å². The third-order valence-corrected chi connectivity index (χ3v) is 5.91. The summed E-state index contributed by atoms with van der Waals surface area (Å²) in [6.45, 7) is -0.957. The maximum absolute atomic E-state index is 14.4. The smallest absolute Gasteiger partial charge is 0.416 e. The minimum Gasteiger partial charge on any atom is -0.493 e. The van der Waals surface area contributed by atoms with Gasteiger partial charge in [-0.3, -0.25) is 0 Å². The second kappa shape index (κ2) is 10.8. The van der Waals surface area contributed by atoms with Gasteiger partial charge in [-0.1, -0.05) is 31.4 Å². The molecule has 1 atom stereocenters. The molecular formula is C24H26F7NO2. The number of nitrogens with zero attached hydrogens (tertiary/aromatic N) is 1. The van der Waals surface area contributed by atoms with Crippen LogP contribution in [-0.4, -0.2) is 30.5 Å². The van der Waals surface area contributed by atoms with Crippen molar-refractivity contribution in [2.75, 3.05) is 18.1 Å². The summed E-state index contributed by atoms with van der Waals surface area (Å²) in [6, 6.07) is 8.00. The van der Waals surface area contributed by atoms with Gasteiger partial charge in [0.15, 0.2) is 6.10 Å². The predicted octanol–water partition coefficient (Wildman–Crippen LogP) is 6.73. The van der Waals surface area contributed by atoms with Crippen molar-refractivity contribution in [2.24, 2.45) is 5.92 Å². The van der Waals surface area contributed by atoms with Gasteiger partial charge in [-0.2, -0.15) is 26.3 Å². The molecule has 3 rings (SSSR count). The van der Waals surface area contributed by atoms with Gasteiger partial charge in [0.25, 0.3) is 0 Å². The largest absolute Gasteiger partial charge is 0.493 e. The van der Waals surface area contributed by atoms with E-state index in [-0.39, 0.29) is 11.3 Å². The number of aliphatic hydroxyl groups is 1. The lowest BCUT2D eigenvalue weighted by atomic mass is 9.90. The first-order valence-corrected chi connectivity index (χ1v) is 11.0. The molecule has 0 bridgehead atoms. The SMILES string of the molecule is O[C@H](CN(Cc1ccc(C(F)(F)F)cc1F)c1cccc(OCC2CCCCC2)c1)C(F)(F)F. The van der Waals surface area contributed by atoms with Gasteiger partial charge in [0, 0.05) is 23.9 Å². The van der Waals surface area contributed by atoms with Gasteiger partial charge in [-0.15, -0.1) is 0 Å². The number of rotatable bonds is 8. The number of hydrogen-bond acceptors (Lipinski definition) is 3. The van der Waals surface area contributed by atoms with E-state index in [1.165, 1.54) is 18.6 Å².